The molecule has 3 aromatic carbocycles. The monoisotopic (exact) mass is 498 g/mol. The highest BCUT2D eigenvalue weighted by Crippen LogP contribution is 2.33. The maximum atomic E-state index is 12.5. The van der Waals surface area contributed by atoms with Gasteiger partial charge >= 0.3 is 0 Å². The van der Waals surface area contributed by atoms with Crippen molar-refractivity contribution in [3.8, 4) is 17.2 Å². The second-order valence-corrected chi connectivity index (χ2v) is 8.68. The number of ether oxygens (including phenoxy) is 1. The lowest BCUT2D eigenvalue weighted by molar-refractivity contribution is -0.118. The normalized spacial score (nSPS) is 11.0. The van der Waals surface area contributed by atoms with E-state index in [-0.39, 0.29) is 12.5 Å². The van der Waals surface area contributed by atoms with Gasteiger partial charge in [-0.15, -0.1) is 0 Å². The van der Waals surface area contributed by atoms with Gasteiger partial charge in [0.1, 0.15) is 11.3 Å². The summed E-state index contributed by atoms with van der Waals surface area (Å²) in [6, 6.07) is 14.9. The van der Waals surface area contributed by atoms with Crippen molar-refractivity contribution in [3.05, 3.63) is 74.7 Å². The van der Waals surface area contributed by atoms with E-state index in [0.29, 0.717) is 33.5 Å². The summed E-state index contributed by atoms with van der Waals surface area (Å²) in [7, 11) is 0. The highest BCUT2D eigenvalue weighted by molar-refractivity contribution is 9.10. The molecular weight excluding hydrogens is 480 g/mol. The van der Waals surface area contributed by atoms with Gasteiger partial charge in [-0.1, -0.05) is 23.7 Å². The van der Waals surface area contributed by atoms with Crippen LogP contribution < -0.4 is 10.1 Å². The molecule has 1 N–H and O–H groups in total. The summed E-state index contributed by atoms with van der Waals surface area (Å²) in [5, 5.41) is 3.32. The van der Waals surface area contributed by atoms with Crippen LogP contribution in [-0.2, 0) is 4.79 Å². The lowest BCUT2D eigenvalue weighted by Gasteiger charge is -2.12. The number of rotatable bonds is 5. The van der Waals surface area contributed by atoms with Crippen molar-refractivity contribution in [3.63, 3.8) is 0 Å². The van der Waals surface area contributed by atoms with Gasteiger partial charge in [-0.05, 0) is 89.8 Å². The minimum absolute atomic E-state index is 0.122. The summed E-state index contributed by atoms with van der Waals surface area (Å²) < 4.78 is 12.4. The number of benzene rings is 3. The lowest BCUT2D eigenvalue weighted by atomic mass is 10.1. The Labute approximate surface area is 193 Å². The number of hydrogen-bond acceptors (Lipinski definition) is 4. The number of carbonyl (C=O) groups is 1. The average molecular weight is 500 g/mol. The predicted molar refractivity (Wildman–Crippen MR) is 127 cm³/mol. The molecular formula is C24H20BrClN2O3. The zero-order chi connectivity index (χ0) is 22.1. The molecule has 0 bridgehead atoms. The quantitative estimate of drug-likeness (QED) is 0.326. The molecule has 1 aromatic heterocycles. The SMILES string of the molecule is Cc1cc(C)c(OCC(=O)Nc2ccc(Cl)c(-c3nc4cc(C)ccc4o3)c2)c(Br)c1. The van der Waals surface area contributed by atoms with E-state index in [2.05, 4.69) is 26.2 Å². The average Bonchev–Trinajstić information content (AvgIpc) is 3.11. The van der Waals surface area contributed by atoms with Crippen LogP contribution in [0, 0.1) is 20.8 Å². The summed E-state index contributed by atoms with van der Waals surface area (Å²) in [6.07, 6.45) is 0. The molecule has 0 atom stereocenters. The van der Waals surface area contributed by atoms with Crippen LogP contribution in [0.3, 0.4) is 0 Å². The third-order valence-corrected chi connectivity index (χ3v) is 5.66. The molecule has 1 heterocycles. The van der Waals surface area contributed by atoms with Gasteiger partial charge in [-0.2, -0.15) is 0 Å². The predicted octanol–water partition coefficient (Wildman–Crippen LogP) is 6.85. The molecule has 0 radical (unpaired) electrons. The number of amides is 1. The van der Waals surface area contributed by atoms with Gasteiger partial charge in [0.25, 0.3) is 5.91 Å². The molecule has 158 valence electrons. The number of oxazole rings is 1. The molecule has 5 nitrogen and oxygen atoms in total. The molecule has 4 aromatic rings. The zero-order valence-electron chi connectivity index (χ0n) is 17.3. The van der Waals surface area contributed by atoms with Gasteiger partial charge in [0.15, 0.2) is 12.2 Å². The van der Waals surface area contributed by atoms with E-state index in [9.17, 15) is 4.79 Å². The van der Waals surface area contributed by atoms with Crippen molar-refractivity contribution in [2.24, 2.45) is 0 Å². The number of halogens is 2. The third-order valence-electron chi connectivity index (χ3n) is 4.74. The Hall–Kier alpha value is -2.83. The van der Waals surface area contributed by atoms with Crippen LogP contribution in [-0.4, -0.2) is 17.5 Å². The molecule has 0 fully saturated rings. The Morgan fingerprint density at radius 3 is 2.68 bits per heavy atom. The standard InChI is InChI=1S/C24H20BrClN2O3/c1-13-4-7-21-20(10-13)28-24(31-21)17-11-16(5-6-19(17)26)27-22(29)12-30-23-15(3)8-14(2)9-18(23)25/h4-11H,12H2,1-3H3,(H,27,29). The summed E-state index contributed by atoms with van der Waals surface area (Å²) in [6.45, 7) is 5.82. The van der Waals surface area contributed by atoms with Crippen molar-refractivity contribution >= 4 is 50.2 Å². The fourth-order valence-electron chi connectivity index (χ4n) is 3.34. The number of aromatic nitrogens is 1. The number of fused-ring (bicyclic) bond motifs is 1. The Balaban J connectivity index is 1.51. The molecule has 7 heteroatoms. The largest absolute Gasteiger partial charge is 0.482 e. The van der Waals surface area contributed by atoms with Crippen LogP contribution in [0.25, 0.3) is 22.6 Å². The number of nitrogens with zero attached hydrogens (tertiary/aromatic N) is 1. The van der Waals surface area contributed by atoms with Crippen LogP contribution in [0.15, 0.2) is 57.4 Å². The fraction of sp³-hybridized carbons (Fsp3) is 0.167. The van der Waals surface area contributed by atoms with Crippen molar-refractivity contribution in [2.75, 3.05) is 11.9 Å². The first-order valence-corrected chi connectivity index (χ1v) is 10.8. The Kier molecular flexibility index (Phi) is 6.03. The first-order valence-electron chi connectivity index (χ1n) is 9.66. The maximum absolute atomic E-state index is 12.5. The highest BCUT2D eigenvalue weighted by Gasteiger charge is 2.14. The second-order valence-electron chi connectivity index (χ2n) is 7.41. The summed E-state index contributed by atoms with van der Waals surface area (Å²) in [4.78, 5) is 17.0. The molecule has 0 aliphatic rings. The van der Waals surface area contributed by atoms with E-state index >= 15 is 0 Å². The molecule has 4 rings (SSSR count). The van der Waals surface area contributed by atoms with Crippen molar-refractivity contribution in [2.45, 2.75) is 20.8 Å². The summed E-state index contributed by atoms with van der Waals surface area (Å²) in [5.41, 5.74) is 5.78. The van der Waals surface area contributed by atoms with E-state index in [0.717, 1.165) is 26.7 Å². The first kappa shape index (κ1) is 21.4. The maximum Gasteiger partial charge on any atom is 0.262 e. The van der Waals surface area contributed by atoms with Crippen LogP contribution >= 0.6 is 27.5 Å². The molecule has 0 aliphatic carbocycles. The second kappa shape index (κ2) is 8.73. The molecule has 0 aliphatic heterocycles. The van der Waals surface area contributed by atoms with Crippen molar-refractivity contribution < 1.29 is 13.9 Å². The molecule has 1 amide bonds. The zero-order valence-corrected chi connectivity index (χ0v) is 19.6. The van der Waals surface area contributed by atoms with Crippen LogP contribution in [0.4, 0.5) is 5.69 Å². The number of aryl methyl sites for hydroxylation is 3. The van der Waals surface area contributed by atoms with Crippen LogP contribution in [0.5, 0.6) is 5.75 Å². The third kappa shape index (κ3) is 4.75. The van der Waals surface area contributed by atoms with Gasteiger partial charge in [0, 0.05) is 5.69 Å². The van der Waals surface area contributed by atoms with Crippen molar-refractivity contribution in [1.29, 1.82) is 0 Å². The number of hydrogen-bond donors (Lipinski definition) is 1. The summed E-state index contributed by atoms with van der Waals surface area (Å²) in [5.74, 6) is 0.768. The van der Waals surface area contributed by atoms with E-state index in [4.69, 9.17) is 20.8 Å². The van der Waals surface area contributed by atoms with E-state index in [1.165, 1.54) is 0 Å². The molecule has 31 heavy (non-hydrogen) atoms. The Morgan fingerprint density at radius 2 is 1.90 bits per heavy atom. The highest BCUT2D eigenvalue weighted by atomic mass is 79.9. The van der Waals surface area contributed by atoms with Crippen molar-refractivity contribution in [1.82, 2.24) is 4.98 Å². The lowest BCUT2D eigenvalue weighted by Crippen LogP contribution is -2.20. The van der Waals surface area contributed by atoms with Gasteiger partial charge < -0.3 is 14.5 Å². The number of nitrogens with one attached hydrogen (secondary N) is 1. The molecule has 0 unspecified atom stereocenters. The van der Waals surface area contributed by atoms with Gasteiger partial charge in [-0.25, -0.2) is 4.98 Å². The van der Waals surface area contributed by atoms with Gasteiger partial charge in [-0.3, -0.25) is 4.79 Å². The Bertz CT molecular complexity index is 1280. The van der Waals surface area contributed by atoms with Gasteiger partial charge in [0.2, 0.25) is 5.89 Å². The van der Waals surface area contributed by atoms with E-state index < -0.39 is 0 Å². The van der Waals surface area contributed by atoms with Crippen LogP contribution in [0.1, 0.15) is 16.7 Å². The number of anilines is 1. The minimum Gasteiger partial charge on any atom is -0.482 e. The molecule has 0 saturated heterocycles. The number of carbonyl (C=O) groups excluding carboxylic acids is 1. The Morgan fingerprint density at radius 1 is 1.10 bits per heavy atom. The molecule has 0 spiro atoms. The van der Waals surface area contributed by atoms with E-state index in [1.54, 1.807) is 18.2 Å². The minimum atomic E-state index is -0.284. The molecule has 0 saturated carbocycles. The topological polar surface area (TPSA) is 64.4 Å². The first-order chi connectivity index (χ1) is 14.8. The fourth-order valence-corrected chi connectivity index (χ4v) is 4.33. The van der Waals surface area contributed by atoms with Gasteiger partial charge in [0.05, 0.1) is 15.1 Å². The van der Waals surface area contributed by atoms with Crippen LogP contribution in [0.2, 0.25) is 5.02 Å². The van der Waals surface area contributed by atoms with E-state index in [1.807, 2.05) is 51.1 Å². The smallest absolute Gasteiger partial charge is 0.262 e. The summed E-state index contributed by atoms with van der Waals surface area (Å²) >= 11 is 9.86.